The first kappa shape index (κ1) is 14.1. The van der Waals surface area contributed by atoms with Crippen molar-refractivity contribution in [3.05, 3.63) is 18.2 Å². The number of rotatable bonds is 4. The molecule has 5 nitrogen and oxygen atoms in total. The maximum Gasteiger partial charge on any atom is 0.240 e. The molecule has 0 bridgehead atoms. The molecule has 1 aliphatic carbocycles. The topological polar surface area (TPSA) is 98.2 Å². The van der Waals surface area contributed by atoms with Gasteiger partial charge in [-0.15, -0.1) is 0 Å². The molecule has 5 N–H and O–H groups in total. The summed E-state index contributed by atoms with van der Waals surface area (Å²) < 4.78 is 22.5. The van der Waals surface area contributed by atoms with Crippen molar-refractivity contribution in [1.29, 1.82) is 0 Å². The van der Waals surface area contributed by atoms with E-state index >= 15 is 0 Å². The van der Waals surface area contributed by atoms with Gasteiger partial charge in [0.05, 0.1) is 5.69 Å². The van der Waals surface area contributed by atoms with Crippen molar-refractivity contribution >= 4 is 21.4 Å². The first-order valence-electron chi connectivity index (χ1n) is 6.46. The molecule has 0 heterocycles. The fraction of sp³-hybridized carbons (Fsp3) is 0.538. The highest BCUT2D eigenvalue weighted by Gasteiger charge is 2.28. The number of sulfonamides is 1. The normalized spacial score (nSPS) is 18.4. The zero-order chi connectivity index (χ0) is 14.1. The minimum Gasteiger partial charge on any atom is -0.398 e. The Morgan fingerprint density at radius 3 is 2.47 bits per heavy atom. The summed E-state index contributed by atoms with van der Waals surface area (Å²) in [5.74, 6) is 0. The second kappa shape index (κ2) is 5.02. The van der Waals surface area contributed by atoms with Crippen molar-refractivity contribution in [2.24, 2.45) is 10.6 Å². The van der Waals surface area contributed by atoms with Crippen molar-refractivity contribution < 1.29 is 8.42 Å². The molecule has 0 amide bonds. The predicted octanol–water partition coefficient (Wildman–Crippen LogP) is 1.91. The maximum absolute atomic E-state index is 11.3. The highest BCUT2D eigenvalue weighted by molar-refractivity contribution is 7.89. The average molecular weight is 283 g/mol. The third-order valence-electron chi connectivity index (χ3n) is 3.85. The summed E-state index contributed by atoms with van der Waals surface area (Å²) in [7, 11) is -3.75. The van der Waals surface area contributed by atoms with Crippen LogP contribution in [0.15, 0.2) is 23.1 Å². The van der Waals surface area contributed by atoms with Gasteiger partial charge in [0, 0.05) is 12.2 Å². The van der Waals surface area contributed by atoms with Crippen LogP contribution < -0.4 is 16.2 Å². The first-order valence-corrected chi connectivity index (χ1v) is 8.01. The van der Waals surface area contributed by atoms with Gasteiger partial charge in [0.15, 0.2) is 0 Å². The van der Waals surface area contributed by atoms with E-state index in [0.717, 1.165) is 12.2 Å². The molecule has 106 valence electrons. The maximum atomic E-state index is 11.3. The zero-order valence-corrected chi connectivity index (χ0v) is 12.0. The largest absolute Gasteiger partial charge is 0.398 e. The molecule has 2 rings (SSSR count). The molecule has 6 heteroatoms. The number of benzene rings is 1. The lowest BCUT2D eigenvalue weighted by atomic mass is 9.89. The molecule has 0 spiro atoms. The summed E-state index contributed by atoms with van der Waals surface area (Å²) in [5.41, 5.74) is 7.07. The SMILES string of the molecule is CC1(CNc2ccc(S(N)(=O)=O)c(N)c2)CCCC1. The Hall–Kier alpha value is -1.27. The van der Waals surface area contributed by atoms with E-state index in [1.807, 2.05) is 0 Å². The van der Waals surface area contributed by atoms with Gasteiger partial charge in [-0.25, -0.2) is 13.6 Å². The molecule has 1 aromatic carbocycles. The number of nitrogen functional groups attached to an aromatic ring is 1. The summed E-state index contributed by atoms with van der Waals surface area (Å²) in [4.78, 5) is -0.0230. The number of nitrogens with one attached hydrogen (secondary N) is 1. The van der Waals surface area contributed by atoms with E-state index in [9.17, 15) is 8.42 Å². The third kappa shape index (κ3) is 3.39. The van der Waals surface area contributed by atoms with Crippen molar-refractivity contribution in [1.82, 2.24) is 0 Å². The molecule has 1 fully saturated rings. The van der Waals surface area contributed by atoms with Crippen molar-refractivity contribution in [3.8, 4) is 0 Å². The van der Waals surface area contributed by atoms with Crippen LogP contribution in [0.25, 0.3) is 0 Å². The zero-order valence-electron chi connectivity index (χ0n) is 11.1. The third-order valence-corrected chi connectivity index (χ3v) is 4.83. The van der Waals surface area contributed by atoms with Crippen molar-refractivity contribution in [2.75, 3.05) is 17.6 Å². The Balaban J connectivity index is 2.08. The minimum absolute atomic E-state index is 0.0230. The molecule has 0 atom stereocenters. The minimum atomic E-state index is -3.75. The number of anilines is 2. The van der Waals surface area contributed by atoms with E-state index in [1.54, 1.807) is 12.1 Å². The lowest BCUT2D eigenvalue weighted by Gasteiger charge is -2.24. The summed E-state index contributed by atoms with van der Waals surface area (Å²) in [6.07, 6.45) is 5.02. The molecule has 1 saturated carbocycles. The van der Waals surface area contributed by atoms with Gasteiger partial charge in [0.1, 0.15) is 4.90 Å². The van der Waals surface area contributed by atoms with Gasteiger partial charge >= 0.3 is 0 Å². The summed E-state index contributed by atoms with van der Waals surface area (Å²) in [6, 6.07) is 4.77. The van der Waals surface area contributed by atoms with Crippen LogP contribution in [0.3, 0.4) is 0 Å². The average Bonchev–Trinajstić information content (AvgIpc) is 2.73. The molecule has 1 aliphatic rings. The fourth-order valence-electron chi connectivity index (χ4n) is 2.64. The van der Waals surface area contributed by atoms with Crippen molar-refractivity contribution in [2.45, 2.75) is 37.5 Å². The molecular formula is C13H21N3O2S. The quantitative estimate of drug-likeness (QED) is 0.735. The Labute approximate surface area is 114 Å². The lowest BCUT2D eigenvalue weighted by molar-refractivity contribution is 0.362. The van der Waals surface area contributed by atoms with Gasteiger partial charge < -0.3 is 11.1 Å². The van der Waals surface area contributed by atoms with Crippen LogP contribution in [0.4, 0.5) is 11.4 Å². The van der Waals surface area contributed by atoms with E-state index in [4.69, 9.17) is 10.9 Å². The van der Waals surface area contributed by atoms with Crippen LogP contribution in [0.1, 0.15) is 32.6 Å². The van der Waals surface area contributed by atoms with Crippen LogP contribution in [-0.4, -0.2) is 15.0 Å². The number of primary sulfonamides is 1. The van der Waals surface area contributed by atoms with Crippen LogP contribution in [0.2, 0.25) is 0 Å². The first-order chi connectivity index (χ1) is 8.80. The second-order valence-electron chi connectivity index (χ2n) is 5.67. The molecule has 1 aromatic rings. The van der Waals surface area contributed by atoms with Gasteiger partial charge in [-0.1, -0.05) is 19.8 Å². The van der Waals surface area contributed by atoms with Crippen molar-refractivity contribution in [3.63, 3.8) is 0 Å². The standard InChI is InChI=1S/C13H21N3O2S/c1-13(6-2-3-7-13)9-16-10-4-5-12(11(14)8-10)19(15,17)18/h4-5,8,16H,2-3,6-7,9,14H2,1H3,(H2,15,17,18). The molecule has 0 aliphatic heterocycles. The Kier molecular flexibility index (Phi) is 3.73. The lowest BCUT2D eigenvalue weighted by Crippen LogP contribution is -2.23. The molecule has 19 heavy (non-hydrogen) atoms. The molecular weight excluding hydrogens is 262 g/mol. The summed E-state index contributed by atoms with van der Waals surface area (Å²) in [6.45, 7) is 3.15. The number of hydrogen-bond donors (Lipinski definition) is 3. The smallest absolute Gasteiger partial charge is 0.240 e. The van der Waals surface area contributed by atoms with E-state index in [0.29, 0.717) is 5.41 Å². The Morgan fingerprint density at radius 1 is 1.32 bits per heavy atom. The summed E-state index contributed by atoms with van der Waals surface area (Å²) in [5, 5.41) is 8.40. The Morgan fingerprint density at radius 2 is 1.95 bits per heavy atom. The van der Waals surface area contributed by atoms with E-state index in [-0.39, 0.29) is 10.6 Å². The monoisotopic (exact) mass is 283 g/mol. The number of nitrogens with two attached hydrogens (primary N) is 2. The molecule has 0 aromatic heterocycles. The molecule has 0 radical (unpaired) electrons. The van der Waals surface area contributed by atoms with Gasteiger partial charge in [-0.05, 0) is 36.5 Å². The van der Waals surface area contributed by atoms with E-state index in [1.165, 1.54) is 31.7 Å². The highest BCUT2D eigenvalue weighted by atomic mass is 32.2. The second-order valence-corrected chi connectivity index (χ2v) is 7.20. The van der Waals surface area contributed by atoms with Gasteiger partial charge in [0.2, 0.25) is 10.0 Å². The molecule has 0 unspecified atom stereocenters. The van der Waals surface area contributed by atoms with Crippen LogP contribution in [0, 0.1) is 5.41 Å². The van der Waals surface area contributed by atoms with E-state index in [2.05, 4.69) is 12.2 Å². The predicted molar refractivity (Wildman–Crippen MR) is 77.3 cm³/mol. The number of hydrogen-bond acceptors (Lipinski definition) is 4. The fourth-order valence-corrected chi connectivity index (χ4v) is 3.28. The van der Waals surface area contributed by atoms with Crippen LogP contribution in [0.5, 0.6) is 0 Å². The van der Waals surface area contributed by atoms with Gasteiger partial charge in [-0.3, -0.25) is 0 Å². The van der Waals surface area contributed by atoms with Crippen LogP contribution >= 0.6 is 0 Å². The summed E-state index contributed by atoms with van der Waals surface area (Å²) >= 11 is 0. The van der Waals surface area contributed by atoms with E-state index < -0.39 is 10.0 Å². The van der Waals surface area contributed by atoms with Gasteiger partial charge in [-0.2, -0.15) is 0 Å². The Bertz CT molecular complexity index is 563. The van der Waals surface area contributed by atoms with Crippen LogP contribution in [-0.2, 0) is 10.0 Å². The van der Waals surface area contributed by atoms with Gasteiger partial charge in [0.25, 0.3) is 0 Å². The highest BCUT2D eigenvalue weighted by Crippen LogP contribution is 2.37. The molecule has 0 saturated heterocycles.